The second-order valence-electron chi connectivity index (χ2n) is 6.89. The van der Waals surface area contributed by atoms with Crippen molar-refractivity contribution >= 4 is 24.3 Å². The fraction of sp³-hybridized carbons (Fsp3) is 0.0714. The monoisotopic (exact) mass is 362 g/mol. The van der Waals surface area contributed by atoms with Gasteiger partial charge in [-0.2, -0.15) is 0 Å². The minimum absolute atomic E-state index is 1.21. The fourth-order valence-corrected chi connectivity index (χ4v) is 2.98. The first-order chi connectivity index (χ1) is 13.7. The summed E-state index contributed by atoms with van der Waals surface area (Å²) in [6.45, 7) is 4.27. The number of benzene rings is 3. The summed E-state index contributed by atoms with van der Waals surface area (Å²) in [5.41, 5.74) is 7.33. The van der Waals surface area contributed by atoms with Crippen LogP contribution in [-0.4, -0.2) is 0 Å². The number of hydrogen-bond acceptors (Lipinski definition) is 0. The van der Waals surface area contributed by atoms with Crippen LogP contribution in [0, 0.1) is 0 Å². The third-order valence-corrected chi connectivity index (χ3v) is 4.44. The van der Waals surface area contributed by atoms with E-state index in [1.807, 2.05) is 12.1 Å². The van der Waals surface area contributed by atoms with Crippen molar-refractivity contribution in [3.63, 3.8) is 0 Å². The average molecular weight is 363 g/mol. The molecule has 0 unspecified atom stereocenters. The molecule has 0 radical (unpaired) electrons. The van der Waals surface area contributed by atoms with Gasteiger partial charge in [-0.1, -0.05) is 133 Å². The molecule has 138 valence electrons. The Labute approximate surface area is 168 Å². The first kappa shape index (κ1) is 19.4. The third-order valence-electron chi connectivity index (χ3n) is 4.44. The van der Waals surface area contributed by atoms with Gasteiger partial charge in [0.25, 0.3) is 0 Å². The highest BCUT2D eigenvalue weighted by atomic mass is 14.0. The lowest BCUT2D eigenvalue weighted by atomic mass is 10.0. The summed E-state index contributed by atoms with van der Waals surface area (Å²) in [6.07, 6.45) is 13.1. The van der Waals surface area contributed by atoms with Gasteiger partial charge in [0.05, 0.1) is 0 Å². The highest BCUT2D eigenvalue weighted by molar-refractivity contribution is 5.70. The average Bonchev–Trinajstić information content (AvgIpc) is 2.73. The molecule has 0 heterocycles. The van der Waals surface area contributed by atoms with Gasteiger partial charge in [0.2, 0.25) is 0 Å². The van der Waals surface area contributed by atoms with Crippen LogP contribution in [0.2, 0.25) is 0 Å². The van der Waals surface area contributed by atoms with Crippen molar-refractivity contribution in [3.05, 3.63) is 130 Å². The molecule has 28 heavy (non-hydrogen) atoms. The van der Waals surface area contributed by atoms with E-state index in [4.69, 9.17) is 0 Å². The van der Waals surface area contributed by atoms with Crippen molar-refractivity contribution < 1.29 is 0 Å². The van der Waals surface area contributed by atoms with Crippen molar-refractivity contribution in [2.24, 2.45) is 0 Å². The molecule has 0 aliphatic carbocycles. The van der Waals surface area contributed by atoms with Crippen LogP contribution in [0.5, 0.6) is 0 Å². The molecule has 0 heteroatoms. The fourth-order valence-electron chi connectivity index (χ4n) is 2.98. The van der Waals surface area contributed by atoms with Gasteiger partial charge in [-0.25, -0.2) is 0 Å². The molecule has 0 N–H and O–H groups in total. The summed E-state index contributed by atoms with van der Waals surface area (Å²) in [6, 6.07) is 29.3. The Hall–Kier alpha value is -3.38. The second kappa shape index (κ2) is 10.1. The molecule has 0 saturated heterocycles. The van der Waals surface area contributed by atoms with Gasteiger partial charge >= 0.3 is 0 Å². The minimum Gasteiger partial charge on any atom is -0.0622 e. The largest absolute Gasteiger partial charge is 0.0622 e. The summed E-state index contributed by atoms with van der Waals surface area (Å²) < 4.78 is 0. The zero-order chi connectivity index (χ0) is 19.6. The molecule has 0 amide bonds. The maximum Gasteiger partial charge on any atom is -0.0184 e. The van der Waals surface area contributed by atoms with E-state index in [2.05, 4.69) is 123 Å². The predicted molar refractivity (Wildman–Crippen MR) is 125 cm³/mol. The normalized spacial score (nSPS) is 12.8. The molecule has 0 aromatic heterocycles. The molecule has 0 aliphatic rings. The first-order valence-corrected chi connectivity index (χ1v) is 9.62. The lowest BCUT2D eigenvalue weighted by molar-refractivity contribution is 1.53. The number of hydrogen-bond donors (Lipinski definition) is 0. The Balaban J connectivity index is 1.76. The van der Waals surface area contributed by atoms with Crippen LogP contribution < -0.4 is 0 Å². The van der Waals surface area contributed by atoms with Crippen LogP contribution in [0.1, 0.15) is 36.1 Å². The summed E-state index contributed by atoms with van der Waals surface area (Å²) in [4.78, 5) is 0. The first-order valence-electron chi connectivity index (χ1n) is 9.62. The topological polar surface area (TPSA) is 0 Å². The van der Waals surface area contributed by atoms with Crippen molar-refractivity contribution in [1.82, 2.24) is 0 Å². The minimum atomic E-state index is 1.21. The van der Waals surface area contributed by atoms with Crippen molar-refractivity contribution in [1.29, 1.82) is 0 Å². The van der Waals surface area contributed by atoms with Crippen LogP contribution in [0.25, 0.3) is 24.3 Å². The SMILES string of the molecule is CC(/C=C/c1ccccc1/C=C/C(C)=C/c1ccccc1)=C\c1ccccc1. The van der Waals surface area contributed by atoms with Crippen LogP contribution >= 0.6 is 0 Å². The molecule has 0 saturated carbocycles. The Morgan fingerprint density at radius 1 is 0.500 bits per heavy atom. The predicted octanol–water partition coefficient (Wildman–Crippen LogP) is 7.92. The van der Waals surface area contributed by atoms with Gasteiger partial charge in [0, 0.05) is 0 Å². The van der Waals surface area contributed by atoms with E-state index in [-0.39, 0.29) is 0 Å². The summed E-state index contributed by atoms with van der Waals surface area (Å²) in [5.74, 6) is 0. The highest BCUT2D eigenvalue weighted by Gasteiger charge is 1.95. The quantitative estimate of drug-likeness (QED) is 0.391. The van der Waals surface area contributed by atoms with E-state index in [0.29, 0.717) is 0 Å². The van der Waals surface area contributed by atoms with Gasteiger partial charge in [-0.3, -0.25) is 0 Å². The van der Waals surface area contributed by atoms with Gasteiger partial charge in [-0.15, -0.1) is 0 Å². The lowest BCUT2D eigenvalue weighted by Crippen LogP contribution is -1.81. The van der Waals surface area contributed by atoms with Crippen LogP contribution in [0.3, 0.4) is 0 Å². The van der Waals surface area contributed by atoms with Gasteiger partial charge in [0.15, 0.2) is 0 Å². The van der Waals surface area contributed by atoms with E-state index in [0.717, 1.165) is 0 Å². The van der Waals surface area contributed by atoms with Crippen molar-refractivity contribution in [3.8, 4) is 0 Å². The Bertz CT molecular complexity index is 916. The molecular weight excluding hydrogens is 336 g/mol. The second-order valence-corrected chi connectivity index (χ2v) is 6.89. The molecular formula is C28H26. The van der Waals surface area contributed by atoms with E-state index in [9.17, 15) is 0 Å². The molecule has 0 nitrogen and oxygen atoms in total. The number of allylic oxidation sites excluding steroid dienone is 4. The molecule has 0 fully saturated rings. The van der Waals surface area contributed by atoms with Gasteiger partial charge < -0.3 is 0 Å². The van der Waals surface area contributed by atoms with Crippen LogP contribution in [-0.2, 0) is 0 Å². The molecule has 3 rings (SSSR count). The summed E-state index contributed by atoms with van der Waals surface area (Å²) >= 11 is 0. The lowest BCUT2D eigenvalue weighted by Gasteiger charge is -2.02. The molecule has 0 bridgehead atoms. The zero-order valence-corrected chi connectivity index (χ0v) is 16.5. The Morgan fingerprint density at radius 2 is 0.857 bits per heavy atom. The van der Waals surface area contributed by atoms with Crippen LogP contribution in [0.15, 0.2) is 108 Å². The molecule has 0 spiro atoms. The van der Waals surface area contributed by atoms with Gasteiger partial charge in [-0.05, 0) is 36.1 Å². The van der Waals surface area contributed by atoms with Crippen LogP contribution in [0.4, 0.5) is 0 Å². The summed E-state index contributed by atoms with van der Waals surface area (Å²) in [7, 11) is 0. The van der Waals surface area contributed by atoms with E-state index < -0.39 is 0 Å². The van der Waals surface area contributed by atoms with Crippen molar-refractivity contribution in [2.75, 3.05) is 0 Å². The maximum atomic E-state index is 2.20. The molecule has 0 aliphatic heterocycles. The highest BCUT2D eigenvalue weighted by Crippen LogP contribution is 2.17. The van der Waals surface area contributed by atoms with E-state index in [1.165, 1.54) is 33.4 Å². The third kappa shape index (κ3) is 6.10. The smallest absolute Gasteiger partial charge is 0.0184 e. The molecule has 3 aromatic carbocycles. The standard InChI is InChI=1S/C28H26/c1-23(21-25-11-5-3-6-12-25)17-19-27-15-9-10-16-28(27)20-18-24(2)22-26-13-7-4-8-14-26/h3-22H,1-2H3/b19-17+,20-18+,23-21+,24-22+. The summed E-state index contributed by atoms with van der Waals surface area (Å²) in [5, 5.41) is 0. The Morgan fingerprint density at radius 3 is 1.25 bits per heavy atom. The van der Waals surface area contributed by atoms with E-state index in [1.54, 1.807) is 0 Å². The van der Waals surface area contributed by atoms with E-state index >= 15 is 0 Å². The Kier molecular flexibility index (Phi) is 6.98. The maximum absolute atomic E-state index is 2.20. The molecule has 3 aromatic rings. The number of rotatable bonds is 6. The zero-order valence-electron chi connectivity index (χ0n) is 16.5. The van der Waals surface area contributed by atoms with Gasteiger partial charge in [0.1, 0.15) is 0 Å². The van der Waals surface area contributed by atoms with Crippen molar-refractivity contribution in [2.45, 2.75) is 13.8 Å². The molecule has 0 atom stereocenters.